The zero-order valence-electron chi connectivity index (χ0n) is 9.06. The summed E-state index contributed by atoms with van der Waals surface area (Å²) in [5.41, 5.74) is -2.38. The summed E-state index contributed by atoms with van der Waals surface area (Å²) in [6, 6.07) is 0. The van der Waals surface area contributed by atoms with Crippen molar-refractivity contribution in [3.8, 4) is 5.88 Å². The molecule has 1 aromatic heterocycles. The Balaban J connectivity index is 3.34. The van der Waals surface area contributed by atoms with Gasteiger partial charge in [0.2, 0.25) is 11.6 Å². The molecule has 88 valence electrons. The normalized spacial score (nSPS) is 12.4. The summed E-state index contributed by atoms with van der Waals surface area (Å²) in [5, 5.41) is 11.9. The number of rotatable bonds is 4. The summed E-state index contributed by atoms with van der Waals surface area (Å²) >= 11 is 0. The third-order valence-corrected chi connectivity index (χ3v) is 2.43. The van der Waals surface area contributed by atoms with Crippen molar-refractivity contribution < 1.29 is 5.11 Å². The molecule has 0 saturated carbocycles. The van der Waals surface area contributed by atoms with Crippen LogP contribution in [0.5, 0.6) is 5.88 Å². The number of hydrogen-bond donors (Lipinski definition) is 2. The van der Waals surface area contributed by atoms with Gasteiger partial charge in [0.15, 0.2) is 0 Å². The fraction of sp³-hybridized carbons (Fsp3) is 0.556. The zero-order chi connectivity index (χ0) is 12.3. The molecule has 0 aliphatic rings. The molecule has 1 aromatic rings. The van der Waals surface area contributed by atoms with Crippen LogP contribution in [0, 0.1) is 10.8 Å². The largest absolute Gasteiger partial charge is 0.493 e. The second-order valence-electron chi connectivity index (χ2n) is 3.65. The Morgan fingerprint density at radius 2 is 2.12 bits per heavy atom. The maximum Gasteiger partial charge on any atom is 0.331 e. The lowest BCUT2D eigenvalue weighted by molar-refractivity contribution is 0.366. The third-order valence-electron chi connectivity index (χ3n) is 2.43. The molecular formula is C9H13N3O4. The Morgan fingerprint density at radius 1 is 1.50 bits per heavy atom. The lowest BCUT2D eigenvalue weighted by Gasteiger charge is -2.12. The van der Waals surface area contributed by atoms with Crippen LogP contribution in [0.1, 0.15) is 20.3 Å². The Hall–Kier alpha value is -1.92. The van der Waals surface area contributed by atoms with Gasteiger partial charge in [0.05, 0.1) is 0 Å². The first-order valence-electron chi connectivity index (χ1n) is 4.90. The summed E-state index contributed by atoms with van der Waals surface area (Å²) in [6.07, 6.45) is 0.800. The van der Waals surface area contributed by atoms with Gasteiger partial charge in [-0.05, 0) is 11.1 Å². The van der Waals surface area contributed by atoms with Crippen molar-refractivity contribution in [1.82, 2.24) is 9.55 Å². The number of H-pyrrole nitrogens is 1. The molecule has 1 atom stereocenters. The van der Waals surface area contributed by atoms with Crippen molar-refractivity contribution in [2.75, 3.05) is 0 Å². The fourth-order valence-electron chi connectivity index (χ4n) is 1.24. The van der Waals surface area contributed by atoms with Gasteiger partial charge in [-0.1, -0.05) is 20.3 Å². The minimum atomic E-state index is -0.974. The monoisotopic (exact) mass is 227 g/mol. The average Bonchev–Trinajstić information content (AvgIpc) is 2.24. The standard InChI is InChI=1S/C9H13N3O4/c1-3-5(2)4-12-8(14)6(11-16)7(13)10-9(12)15/h5,14H,3-4H2,1-2H3,(H,10,13,15). The Bertz CT molecular complexity index is 502. The van der Waals surface area contributed by atoms with Crippen LogP contribution >= 0.6 is 0 Å². The van der Waals surface area contributed by atoms with E-state index in [0.717, 1.165) is 11.0 Å². The van der Waals surface area contributed by atoms with E-state index in [4.69, 9.17) is 0 Å². The van der Waals surface area contributed by atoms with Crippen LogP contribution in [0.4, 0.5) is 5.69 Å². The SMILES string of the molecule is CCC(C)Cn1c(O)c(N=O)c(=O)[nH]c1=O. The predicted molar refractivity (Wildman–Crippen MR) is 57.9 cm³/mol. The van der Waals surface area contributed by atoms with Gasteiger partial charge in [0, 0.05) is 6.54 Å². The van der Waals surface area contributed by atoms with Gasteiger partial charge in [-0.15, -0.1) is 4.91 Å². The second-order valence-corrected chi connectivity index (χ2v) is 3.65. The van der Waals surface area contributed by atoms with Gasteiger partial charge in [0.25, 0.3) is 5.56 Å². The van der Waals surface area contributed by atoms with Crippen molar-refractivity contribution in [3.05, 3.63) is 25.7 Å². The molecule has 2 N–H and O–H groups in total. The molecule has 0 amide bonds. The van der Waals surface area contributed by atoms with Crippen LogP contribution in [0.25, 0.3) is 0 Å². The molecule has 0 fully saturated rings. The van der Waals surface area contributed by atoms with Crippen molar-refractivity contribution >= 4 is 5.69 Å². The molecule has 1 rings (SSSR count). The van der Waals surface area contributed by atoms with Crippen molar-refractivity contribution in [2.24, 2.45) is 11.1 Å². The minimum Gasteiger partial charge on any atom is -0.493 e. The number of nitrogens with one attached hydrogen (secondary N) is 1. The molecule has 0 saturated heterocycles. The summed E-state index contributed by atoms with van der Waals surface area (Å²) < 4.78 is 0.937. The summed E-state index contributed by atoms with van der Waals surface area (Å²) in [4.78, 5) is 34.7. The average molecular weight is 227 g/mol. The van der Waals surface area contributed by atoms with E-state index in [1.54, 1.807) is 0 Å². The molecular weight excluding hydrogens is 214 g/mol. The molecule has 1 unspecified atom stereocenters. The highest BCUT2D eigenvalue weighted by Gasteiger charge is 2.15. The third kappa shape index (κ3) is 2.18. The van der Waals surface area contributed by atoms with Crippen LogP contribution in [-0.4, -0.2) is 14.7 Å². The number of nitrogens with zero attached hydrogens (tertiary/aromatic N) is 2. The predicted octanol–water partition coefficient (Wildman–Crippen LogP) is 0.686. The first-order valence-corrected chi connectivity index (χ1v) is 4.90. The van der Waals surface area contributed by atoms with E-state index < -0.39 is 22.8 Å². The molecule has 1 heterocycles. The molecule has 0 aliphatic heterocycles. The van der Waals surface area contributed by atoms with Crippen molar-refractivity contribution in [2.45, 2.75) is 26.8 Å². The van der Waals surface area contributed by atoms with E-state index in [9.17, 15) is 19.6 Å². The smallest absolute Gasteiger partial charge is 0.331 e. The van der Waals surface area contributed by atoms with Crippen LogP contribution in [0.3, 0.4) is 0 Å². The Labute approximate surface area is 90.7 Å². The molecule has 0 bridgehead atoms. The zero-order valence-corrected chi connectivity index (χ0v) is 9.06. The van der Waals surface area contributed by atoms with E-state index in [1.165, 1.54) is 0 Å². The van der Waals surface area contributed by atoms with Gasteiger partial charge in [-0.2, -0.15) is 0 Å². The van der Waals surface area contributed by atoms with Gasteiger partial charge in [-0.25, -0.2) is 4.79 Å². The molecule has 0 spiro atoms. The van der Waals surface area contributed by atoms with Crippen molar-refractivity contribution in [1.29, 1.82) is 0 Å². The molecule has 0 aromatic carbocycles. The number of hydrogen-bond acceptors (Lipinski definition) is 5. The van der Waals surface area contributed by atoms with Crippen molar-refractivity contribution in [3.63, 3.8) is 0 Å². The van der Waals surface area contributed by atoms with E-state index in [0.29, 0.717) is 0 Å². The maximum atomic E-state index is 11.4. The minimum absolute atomic E-state index is 0.133. The molecule has 0 aliphatic carbocycles. The molecule has 0 radical (unpaired) electrons. The first-order chi connectivity index (χ1) is 7.51. The molecule has 7 nitrogen and oxygen atoms in total. The first kappa shape index (κ1) is 12.2. The van der Waals surface area contributed by atoms with Crippen LogP contribution < -0.4 is 11.2 Å². The number of nitroso groups, excluding NO2 is 1. The topological polar surface area (TPSA) is 105 Å². The Kier molecular flexibility index (Phi) is 3.60. The van der Waals surface area contributed by atoms with Gasteiger partial charge in [0.1, 0.15) is 0 Å². The summed E-state index contributed by atoms with van der Waals surface area (Å²) in [7, 11) is 0. The maximum absolute atomic E-state index is 11.4. The Morgan fingerprint density at radius 3 is 2.62 bits per heavy atom. The van der Waals surface area contributed by atoms with E-state index in [-0.39, 0.29) is 12.5 Å². The number of aromatic nitrogens is 2. The highest BCUT2D eigenvalue weighted by Crippen LogP contribution is 2.19. The highest BCUT2D eigenvalue weighted by atomic mass is 16.3. The molecule has 7 heteroatoms. The molecule has 16 heavy (non-hydrogen) atoms. The number of aromatic amines is 1. The van der Waals surface area contributed by atoms with Crippen LogP contribution in [0.2, 0.25) is 0 Å². The number of aromatic hydroxyl groups is 1. The van der Waals surface area contributed by atoms with E-state index in [1.807, 2.05) is 18.8 Å². The fourth-order valence-corrected chi connectivity index (χ4v) is 1.24. The van der Waals surface area contributed by atoms with Crippen LogP contribution in [-0.2, 0) is 6.54 Å². The lowest BCUT2D eigenvalue weighted by Crippen LogP contribution is -2.31. The van der Waals surface area contributed by atoms with E-state index >= 15 is 0 Å². The summed E-state index contributed by atoms with van der Waals surface area (Å²) in [6.45, 7) is 4.03. The van der Waals surface area contributed by atoms with Gasteiger partial charge >= 0.3 is 5.69 Å². The van der Waals surface area contributed by atoms with Crippen LogP contribution in [0.15, 0.2) is 14.8 Å². The quantitative estimate of drug-likeness (QED) is 0.738. The van der Waals surface area contributed by atoms with Gasteiger partial charge in [-0.3, -0.25) is 14.3 Å². The highest BCUT2D eigenvalue weighted by molar-refractivity contribution is 5.43. The summed E-state index contributed by atoms with van der Waals surface area (Å²) in [5.74, 6) is -0.543. The lowest BCUT2D eigenvalue weighted by atomic mass is 10.1. The van der Waals surface area contributed by atoms with E-state index in [2.05, 4.69) is 5.18 Å². The second kappa shape index (κ2) is 4.73. The van der Waals surface area contributed by atoms with Gasteiger partial charge < -0.3 is 5.11 Å².